The third-order valence-electron chi connectivity index (χ3n) is 3.46. The summed E-state index contributed by atoms with van der Waals surface area (Å²) in [4.78, 5) is 17.4. The van der Waals surface area contributed by atoms with E-state index in [1.807, 2.05) is 0 Å². The Hall–Kier alpha value is -1.34. The lowest BCUT2D eigenvalue weighted by Gasteiger charge is -2.24. The van der Waals surface area contributed by atoms with E-state index < -0.39 is 26.8 Å². The van der Waals surface area contributed by atoms with Gasteiger partial charge >= 0.3 is 6.09 Å². The molecule has 1 aromatic heterocycles. The van der Waals surface area contributed by atoms with Gasteiger partial charge in [-0.1, -0.05) is 17.7 Å². The van der Waals surface area contributed by atoms with Crippen LogP contribution >= 0.6 is 11.6 Å². The Morgan fingerprint density at radius 1 is 1.43 bits per heavy atom. The van der Waals surface area contributed by atoms with Crippen LogP contribution < -0.4 is 0 Å². The van der Waals surface area contributed by atoms with Crippen LogP contribution in [0.25, 0.3) is 0 Å². The highest BCUT2D eigenvalue weighted by molar-refractivity contribution is 7.91. The van der Waals surface area contributed by atoms with Crippen LogP contribution in [0.1, 0.15) is 32.8 Å². The molecule has 128 valence electrons. The minimum absolute atomic E-state index is 0.107. The summed E-state index contributed by atoms with van der Waals surface area (Å²) in [5.41, 5.74) is -0.00615. The van der Waals surface area contributed by atoms with Gasteiger partial charge in [-0.15, -0.1) is 0 Å². The van der Waals surface area contributed by atoms with Gasteiger partial charge in [0.15, 0.2) is 9.84 Å². The molecule has 1 fully saturated rings. The average molecular weight is 361 g/mol. The van der Waals surface area contributed by atoms with Crippen molar-refractivity contribution in [3.8, 4) is 0 Å². The summed E-state index contributed by atoms with van der Waals surface area (Å²) in [7, 11) is -3.37. The first-order valence-corrected chi connectivity index (χ1v) is 9.46. The predicted octanol–water partition coefficient (Wildman–Crippen LogP) is 2.66. The molecule has 0 spiro atoms. The van der Waals surface area contributed by atoms with Crippen molar-refractivity contribution in [1.82, 2.24) is 9.88 Å². The van der Waals surface area contributed by atoms with Crippen molar-refractivity contribution in [2.75, 3.05) is 13.1 Å². The zero-order valence-electron chi connectivity index (χ0n) is 13.5. The van der Waals surface area contributed by atoms with Crippen molar-refractivity contribution < 1.29 is 17.9 Å². The van der Waals surface area contributed by atoms with Gasteiger partial charge in [-0.3, -0.25) is 0 Å². The van der Waals surface area contributed by atoms with Gasteiger partial charge in [0.25, 0.3) is 0 Å². The Bertz CT molecular complexity index is 668. The third kappa shape index (κ3) is 5.07. The highest BCUT2D eigenvalue weighted by Crippen LogP contribution is 2.22. The summed E-state index contributed by atoms with van der Waals surface area (Å²) < 4.78 is 30.3. The molecule has 0 N–H and O–H groups in total. The first-order valence-electron chi connectivity index (χ1n) is 7.37. The molecule has 1 amide bonds. The van der Waals surface area contributed by atoms with Crippen LogP contribution in [0.5, 0.6) is 0 Å². The molecule has 6 nitrogen and oxygen atoms in total. The molecular weight excluding hydrogens is 340 g/mol. The number of carbonyl (C=O) groups is 1. The highest BCUT2D eigenvalue weighted by Gasteiger charge is 2.36. The molecule has 0 saturated carbocycles. The summed E-state index contributed by atoms with van der Waals surface area (Å²) in [5, 5.41) is -0.256. The second-order valence-corrected chi connectivity index (χ2v) is 9.30. The van der Waals surface area contributed by atoms with Crippen LogP contribution in [0, 0.1) is 0 Å². The number of ether oxygens (including phenoxy) is 1. The number of likely N-dealkylation sites (tertiary alicyclic amines) is 1. The summed E-state index contributed by atoms with van der Waals surface area (Å²) in [6.07, 6.45) is 1.41. The SMILES string of the molecule is CC(C)(C)OC(=O)N1CCC(S(=O)(=O)Cc2ccc(Cl)nc2)C1. The topological polar surface area (TPSA) is 76.6 Å². The van der Waals surface area contributed by atoms with Crippen molar-refractivity contribution in [3.05, 3.63) is 29.0 Å². The summed E-state index contributed by atoms with van der Waals surface area (Å²) in [6.45, 7) is 5.89. The van der Waals surface area contributed by atoms with Crippen molar-refractivity contribution in [2.45, 2.75) is 43.8 Å². The van der Waals surface area contributed by atoms with Gasteiger partial charge < -0.3 is 9.64 Å². The van der Waals surface area contributed by atoms with E-state index in [4.69, 9.17) is 16.3 Å². The summed E-state index contributed by atoms with van der Waals surface area (Å²) >= 11 is 5.70. The van der Waals surface area contributed by atoms with Gasteiger partial charge in [0.1, 0.15) is 10.8 Å². The lowest BCUT2D eigenvalue weighted by Crippen LogP contribution is -2.36. The molecule has 1 aliphatic heterocycles. The third-order valence-corrected chi connectivity index (χ3v) is 5.82. The maximum absolute atomic E-state index is 12.5. The number of sulfone groups is 1. The fraction of sp³-hybridized carbons (Fsp3) is 0.600. The smallest absolute Gasteiger partial charge is 0.410 e. The highest BCUT2D eigenvalue weighted by atomic mass is 35.5. The Balaban J connectivity index is 1.99. The fourth-order valence-electron chi connectivity index (χ4n) is 2.36. The Morgan fingerprint density at radius 3 is 2.70 bits per heavy atom. The lowest BCUT2D eigenvalue weighted by atomic mass is 10.2. The van der Waals surface area contributed by atoms with Gasteiger partial charge in [0.05, 0.1) is 11.0 Å². The van der Waals surface area contributed by atoms with Crippen LogP contribution in [-0.2, 0) is 20.3 Å². The molecule has 2 heterocycles. The Morgan fingerprint density at radius 2 is 2.13 bits per heavy atom. The second kappa shape index (κ2) is 6.65. The van der Waals surface area contributed by atoms with Crippen LogP contribution in [-0.4, -0.2) is 48.3 Å². The maximum Gasteiger partial charge on any atom is 0.410 e. The van der Waals surface area contributed by atoms with Gasteiger partial charge in [0.2, 0.25) is 0 Å². The number of rotatable bonds is 3. The molecule has 0 aromatic carbocycles. The van der Waals surface area contributed by atoms with Gasteiger partial charge in [-0.25, -0.2) is 18.2 Å². The molecule has 0 radical (unpaired) electrons. The molecule has 1 aromatic rings. The Kier molecular flexibility index (Phi) is 5.20. The van der Waals surface area contributed by atoms with Crippen molar-refractivity contribution in [2.24, 2.45) is 0 Å². The molecule has 0 bridgehead atoms. The van der Waals surface area contributed by atoms with Crippen LogP contribution in [0.4, 0.5) is 4.79 Å². The number of halogens is 1. The van der Waals surface area contributed by atoms with E-state index in [0.29, 0.717) is 23.7 Å². The van der Waals surface area contributed by atoms with Crippen molar-refractivity contribution in [1.29, 1.82) is 0 Å². The minimum Gasteiger partial charge on any atom is -0.444 e. The predicted molar refractivity (Wildman–Crippen MR) is 88.1 cm³/mol. The molecule has 23 heavy (non-hydrogen) atoms. The fourth-order valence-corrected chi connectivity index (χ4v) is 4.21. The number of nitrogens with zero attached hydrogens (tertiary/aromatic N) is 2. The molecular formula is C15H21ClN2O4S. The number of pyridine rings is 1. The van der Waals surface area contributed by atoms with E-state index in [1.165, 1.54) is 11.1 Å². The molecule has 1 aliphatic rings. The van der Waals surface area contributed by atoms with Gasteiger partial charge in [-0.2, -0.15) is 0 Å². The average Bonchev–Trinajstić information content (AvgIpc) is 2.90. The number of amides is 1. The minimum atomic E-state index is -3.37. The molecule has 2 rings (SSSR count). The van der Waals surface area contributed by atoms with Crippen LogP contribution in [0.2, 0.25) is 5.15 Å². The monoisotopic (exact) mass is 360 g/mol. The molecule has 1 atom stereocenters. The zero-order chi connectivity index (χ0) is 17.3. The summed E-state index contributed by atoms with van der Waals surface area (Å²) in [5.74, 6) is -0.107. The number of aromatic nitrogens is 1. The van der Waals surface area contributed by atoms with Crippen molar-refractivity contribution in [3.63, 3.8) is 0 Å². The number of carbonyl (C=O) groups excluding carboxylic acids is 1. The maximum atomic E-state index is 12.5. The molecule has 8 heteroatoms. The normalized spacial score (nSPS) is 19.0. The second-order valence-electron chi connectivity index (χ2n) is 6.63. The molecule has 0 aliphatic carbocycles. The summed E-state index contributed by atoms with van der Waals surface area (Å²) in [6, 6.07) is 3.21. The Labute approximate surface area is 141 Å². The standard InChI is InChI=1S/C15H21ClN2O4S/c1-15(2,3)22-14(19)18-7-6-12(9-18)23(20,21)10-11-4-5-13(16)17-8-11/h4-5,8,12H,6-7,9-10H2,1-3H3. The van der Waals surface area contributed by atoms with Crippen LogP contribution in [0.15, 0.2) is 18.3 Å². The van der Waals surface area contributed by atoms with E-state index in [2.05, 4.69) is 4.98 Å². The van der Waals surface area contributed by atoms with Crippen LogP contribution in [0.3, 0.4) is 0 Å². The van der Waals surface area contributed by atoms with Gasteiger partial charge in [0, 0.05) is 19.3 Å². The first-order chi connectivity index (χ1) is 10.6. The van der Waals surface area contributed by atoms with E-state index >= 15 is 0 Å². The lowest BCUT2D eigenvalue weighted by molar-refractivity contribution is 0.0295. The van der Waals surface area contributed by atoms with Gasteiger partial charge in [-0.05, 0) is 38.8 Å². The quantitative estimate of drug-likeness (QED) is 0.774. The van der Waals surface area contributed by atoms with Crippen molar-refractivity contribution >= 4 is 27.5 Å². The van der Waals surface area contributed by atoms with E-state index in [-0.39, 0.29) is 12.3 Å². The zero-order valence-corrected chi connectivity index (χ0v) is 15.0. The van der Waals surface area contributed by atoms with E-state index in [9.17, 15) is 13.2 Å². The van der Waals surface area contributed by atoms with E-state index in [0.717, 1.165) is 0 Å². The van der Waals surface area contributed by atoms with E-state index in [1.54, 1.807) is 32.9 Å². The number of hydrogen-bond acceptors (Lipinski definition) is 5. The number of hydrogen-bond donors (Lipinski definition) is 0. The molecule has 1 saturated heterocycles. The first kappa shape index (κ1) is 18.0. The largest absolute Gasteiger partial charge is 0.444 e. The molecule has 1 unspecified atom stereocenters.